The van der Waals surface area contributed by atoms with Gasteiger partial charge >= 0.3 is 0 Å². The summed E-state index contributed by atoms with van der Waals surface area (Å²) >= 11 is 6.56. The molecule has 0 spiro atoms. The number of benzene rings is 1. The van der Waals surface area contributed by atoms with Crippen LogP contribution in [0.3, 0.4) is 0 Å². The molecule has 1 N–H and O–H groups in total. The van der Waals surface area contributed by atoms with Gasteiger partial charge in [-0.25, -0.2) is 4.98 Å². The third-order valence-electron chi connectivity index (χ3n) is 4.14. The summed E-state index contributed by atoms with van der Waals surface area (Å²) in [4.78, 5) is 31.0. The summed E-state index contributed by atoms with van der Waals surface area (Å²) in [5.41, 5.74) is 0.926. The monoisotopic (exact) mass is 400 g/mol. The van der Waals surface area contributed by atoms with Crippen LogP contribution in [0.15, 0.2) is 54.0 Å². The number of rotatable bonds is 7. The van der Waals surface area contributed by atoms with Gasteiger partial charge in [0.1, 0.15) is 10.4 Å². The van der Waals surface area contributed by atoms with Gasteiger partial charge in [0.2, 0.25) is 5.91 Å². The lowest BCUT2D eigenvalue weighted by molar-refractivity contribution is -0.132. The van der Waals surface area contributed by atoms with Crippen molar-refractivity contribution in [2.45, 2.75) is 25.9 Å². The van der Waals surface area contributed by atoms with Crippen LogP contribution in [0.4, 0.5) is 0 Å². The quantitative estimate of drug-likeness (QED) is 0.440. The summed E-state index contributed by atoms with van der Waals surface area (Å²) in [5.74, 6) is -0.437. The molecule has 1 atom stereocenters. The van der Waals surface area contributed by atoms with Crippen LogP contribution in [-0.4, -0.2) is 43.2 Å². The largest absolute Gasteiger partial charge is 0.354 e. The smallest absolute Gasteiger partial charge is 0.266 e. The van der Waals surface area contributed by atoms with E-state index in [1.165, 1.54) is 16.7 Å². The molecule has 1 aliphatic rings. The molecule has 0 unspecified atom stereocenters. The molecule has 2 amide bonds. The Morgan fingerprint density at radius 1 is 1.37 bits per heavy atom. The second-order valence-corrected chi connectivity index (χ2v) is 7.76. The van der Waals surface area contributed by atoms with E-state index in [4.69, 9.17) is 12.2 Å². The molecule has 1 aromatic heterocycles. The Labute approximate surface area is 167 Å². The van der Waals surface area contributed by atoms with Gasteiger partial charge in [0, 0.05) is 25.5 Å². The number of carbonyl (C=O) groups excluding carboxylic acids is 2. The zero-order valence-electron chi connectivity index (χ0n) is 14.9. The van der Waals surface area contributed by atoms with Gasteiger partial charge in [-0.2, -0.15) is 0 Å². The maximum atomic E-state index is 12.7. The minimum Gasteiger partial charge on any atom is -0.354 e. The van der Waals surface area contributed by atoms with Crippen LogP contribution in [0.25, 0.3) is 6.08 Å². The molecular formula is C19H20N4O2S2. The van der Waals surface area contributed by atoms with E-state index in [9.17, 15) is 9.59 Å². The van der Waals surface area contributed by atoms with Crippen LogP contribution in [0, 0.1) is 0 Å². The summed E-state index contributed by atoms with van der Waals surface area (Å²) in [7, 11) is 0. The molecule has 27 heavy (non-hydrogen) atoms. The van der Waals surface area contributed by atoms with E-state index in [-0.39, 0.29) is 11.8 Å². The Hall–Kier alpha value is -2.45. The molecule has 140 valence electrons. The summed E-state index contributed by atoms with van der Waals surface area (Å²) in [6.45, 7) is 2.99. The van der Waals surface area contributed by atoms with E-state index in [0.717, 1.165) is 18.5 Å². The highest BCUT2D eigenvalue weighted by Gasteiger charge is 2.38. The summed E-state index contributed by atoms with van der Waals surface area (Å²) < 4.78 is 2.36. The number of nitrogens with zero attached hydrogens (tertiary/aromatic N) is 3. The molecule has 1 saturated heterocycles. The van der Waals surface area contributed by atoms with E-state index in [0.29, 0.717) is 15.8 Å². The SMILES string of the molecule is C[C@@H](C(=O)NCCCn1ccnc1)N1C(=O)/C(=C/c2ccccc2)SC1=S. The molecule has 1 aliphatic heterocycles. The molecule has 0 bridgehead atoms. The highest BCUT2D eigenvalue weighted by Crippen LogP contribution is 2.33. The summed E-state index contributed by atoms with van der Waals surface area (Å²) in [6, 6.07) is 8.93. The Kier molecular flexibility index (Phi) is 6.41. The molecule has 0 radical (unpaired) electrons. The Bertz CT molecular complexity index is 850. The zero-order valence-corrected chi connectivity index (χ0v) is 16.5. The fourth-order valence-electron chi connectivity index (χ4n) is 2.67. The van der Waals surface area contributed by atoms with Crippen molar-refractivity contribution in [3.63, 3.8) is 0 Å². The van der Waals surface area contributed by atoms with Crippen LogP contribution in [0.1, 0.15) is 18.9 Å². The van der Waals surface area contributed by atoms with Crippen molar-refractivity contribution < 1.29 is 9.59 Å². The minimum atomic E-state index is -0.646. The van der Waals surface area contributed by atoms with Crippen LogP contribution >= 0.6 is 24.0 Å². The third kappa shape index (κ3) is 4.84. The Morgan fingerprint density at radius 3 is 2.85 bits per heavy atom. The maximum Gasteiger partial charge on any atom is 0.266 e. The van der Waals surface area contributed by atoms with Crippen molar-refractivity contribution in [3.8, 4) is 0 Å². The van der Waals surface area contributed by atoms with Crippen molar-refractivity contribution in [2.24, 2.45) is 0 Å². The van der Waals surface area contributed by atoms with Crippen molar-refractivity contribution in [3.05, 3.63) is 59.5 Å². The first-order chi connectivity index (χ1) is 13.1. The van der Waals surface area contributed by atoms with Crippen LogP contribution in [0.2, 0.25) is 0 Å². The highest BCUT2D eigenvalue weighted by molar-refractivity contribution is 8.26. The number of aromatic nitrogens is 2. The lowest BCUT2D eigenvalue weighted by atomic mass is 10.2. The molecule has 8 heteroatoms. The first-order valence-electron chi connectivity index (χ1n) is 8.62. The number of imidazole rings is 1. The molecule has 2 aromatic rings. The number of nitrogens with one attached hydrogen (secondary N) is 1. The molecule has 2 heterocycles. The molecule has 6 nitrogen and oxygen atoms in total. The maximum absolute atomic E-state index is 12.7. The van der Waals surface area contributed by atoms with E-state index in [1.54, 1.807) is 25.5 Å². The topological polar surface area (TPSA) is 67.2 Å². The van der Waals surface area contributed by atoms with E-state index < -0.39 is 6.04 Å². The number of aryl methyl sites for hydroxylation is 1. The van der Waals surface area contributed by atoms with Crippen molar-refractivity contribution in [2.75, 3.05) is 6.54 Å². The van der Waals surface area contributed by atoms with Crippen LogP contribution < -0.4 is 5.32 Å². The lowest BCUT2D eigenvalue weighted by Crippen LogP contribution is -2.47. The first kappa shape index (κ1) is 19.3. The molecule has 0 saturated carbocycles. The summed E-state index contributed by atoms with van der Waals surface area (Å²) in [6.07, 6.45) is 7.92. The number of thioether (sulfide) groups is 1. The van der Waals surface area contributed by atoms with Crippen LogP contribution in [-0.2, 0) is 16.1 Å². The highest BCUT2D eigenvalue weighted by atomic mass is 32.2. The Balaban J connectivity index is 1.56. The first-order valence-corrected chi connectivity index (χ1v) is 9.84. The van der Waals surface area contributed by atoms with Gasteiger partial charge in [0.05, 0.1) is 11.2 Å². The molecule has 0 aliphatic carbocycles. The van der Waals surface area contributed by atoms with Crippen molar-refractivity contribution in [1.82, 2.24) is 19.8 Å². The van der Waals surface area contributed by atoms with E-state index in [2.05, 4.69) is 10.3 Å². The number of carbonyl (C=O) groups is 2. The molecule has 1 aromatic carbocycles. The molecule has 1 fully saturated rings. The zero-order chi connectivity index (χ0) is 19.2. The average molecular weight is 401 g/mol. The molecular weight excluding hydrogens is 380 g/mol. The fraction of sp³-hybridized carbons (Fsp3) is 0.263. The van der Waals surface area contributed by atoms with E-state index >= 15 is 0 Å². The summed E-state index contributed by atoms with van der Waals surface area (Å²) in [5, 5.41) is 2.87. The van der Waals surface area contributed by atoms with Gasteiger partial charge in [-0.15, -0.1) is 0 Å². The van der Waals surface area contributed by atoms with E-state index in [1.807, 2.05) is 41.1 Å². The van der Waals surface area contributed by atoms with Gasteiger partial charge in [-0.1, -0.05) is 54.3 Å². The number of hydrogen-bond donors (Lipinski definition) is 1. The second kappa shape index (κ2) is 8.96. The number of hydrogen-bond acceptors (Lipinski definition) is 5. The fourth-order valence-corrected chi connectivity index (χ4v) is 4.09. The van der Waals surface area contributed by atoms with Crippen LogP contribution in [0.5, 0.6) is 0 Å². The van der Waals surface area contributed by atoms with Gasteiger partial charge in [-0.3, -0.25) is 14.5 Å². The predicted molar refractivity (Wildman–Crippen MR) is 111 cm³/mol. The second-order valence-electron chi connectivity index (χ2n) is 6.08. The van der Waals surface area contributed by atoms with Gasteiger partial charge in [-0.05, 0) is 25.0 Å². The molecule has 3 rings (SSSR count). The Morgan fingerprint density at radius 2 is 2.15 bits per heavy atom. The minimum absolute atomic E-state index is 0.210. The van der Waals surface area contributed by atoms with Gasteiger partial charge in [0.15, 0.2) is 0 Å². The van der Waals surface area contributed by atoms with Crippen molar-refractivity contribution >= 4 is 46.2 Å². The average Bonchev–Trinajstić information content (AvgIpc) is 3.27. The third-order valence-corrected chi connectivity index (χ3v) is 5.47. The standard InChI is InChI=1S/C19H20N4O2S2/c1-14(17(24)21-8-5-10-22-11-9-20-13-22)23-18(25)16(27-19(23)26)12-15-6-3-2-4-7-15/h2-4,6-7,9,11-14H,5,8,10H2,1H3,(H,21,24)/b16-12-/t14-/m0/s1. The number of thiocarbonyl (C=S) groups is 1. The lowest BCUT2D eigenvalue weighted by Gasteiger charge is -2.22. The van der Waals surface area contributed by atoms with Gasteiger partial charge in [0.25, 0.3) is 5.91 Å². The number of amides is 2. The van der Waals surface area contributed by atoms with Gasteiger partial charge < -0.3 is 9.88 Å². The predicted octanol–water partition coefficient (Wildman–Crippen LogP) is 2.68. The normalized spacial score (nSPS) is 16.8. The van der Waals surface area contributed by atoms with Crippen molar-refractivity contribution in [1.29, 1.82) is 0 Å².